The molecule has 0 bridgehead atoms. The van der Waals surface area contributed by atoms with Crippen molar-refractivity contribution in [3.8, 4) is 0 Å². The summed E-state index contributed by atoms with van der Waals surface area (Å²) in [7, 11) is -4.64. The summed E-state index contributed by atoms with van der Waals surface area (Å²) in [6, 6.07) is 0. The van der Waals surface area contributed by atoms with Crippen molar-refractivity contribution < 1.29 is 55.0 Å². The minimum atomic E-state index is -4.64. The Labute approximate surface area is 217 Å². The second-order valence-electron chi connectivity index (χ2n) is 8.77. The van der Waals surface area contributed by atoms with Gasteiger partial charge in [0, 0.05) is 13.2 Å². The second kappa shape index (κ2) is 27.3. The van der Waals surface area contributed by atoms with Crippen molar-refractivity contribution in [2.24, 2.45) is 11.8 Å². The van der Waals surface area contributed by atoms with Gasteiger partial charge in [-0.1, -0.05) is 105 Å². The van der Waals surface area contributed by atoms with Gasteiger partial charge in [0.25, 0.3) is 0 Å². The van der Waals surface area contributed by atoms with Crippen LogP contribution in [0.5, 0.6) is 0 Å². The van der Waals surface area contributed by atoms with Crippen LogP contribution in [0.4, 0.5) is 0 Å². The molecule has 2 atom stereocenters. The standard InChI is InChI=1S/C24H50O.Na.H3O4P.H/c1-5-9-13-15-19-23(17-11-7-3)21-25-22-24(18-12-8-4)20-16-14-10-6-2;;1-5(2,3)4;/h23-24H,5-22H2,1-4H3;;(H3,1,2,3,4);/q;+1;;-1. The summed E-state index contributed by atoms with van der Waals surface area (Å²) in [6.07, 6.45) is 22.0. The Morgan fingerprint density at radius 3 is 1.19 bits per heavy atom. The molecule has 3 N–H and O–H groups in total. The van der Waals surface area contributed by atoms with Crippen LogP contribution in [0.15, 0.2) is 0 Å². The topological polar surface area (TPSA) is 87.0 Å². The van der Waals surface area contributed by atoms with E-state index >= 15 is 0 Å². The molecule has 0 spiro atoms. The molecular weight excluding hydrogens is 422 g/mol. The molecule has 0 fully saturated rings. The van der Waals surface area contributed by atoms with Gasteiger partial charge < -0.3 is 20.8 Å². The van der Waals surface area contributed by atoms with Crippen LogP contribution >= 0.6 is 7.82 Å². The maximum Gasteiger partial charge on any atom is 1.00 e. The minimum absolute atomic E-state index is 0. The van der Waals surface area contributed by atoms with Crippen LogP contribution < -0.4 is 29.6 Å². The van der Waals surface area contributed by atoms with Crippen LogP contribution in [0.3, 0.4) is 0 Å². The van der Waals surface area contributed by atoms with Gasteiger partial charge in [0.05, 0.1) is 0 Å². The summed E-state index contributed by atoms with van der Waals surface area (Å²) in [5.41, 5.74) is 0. The molecular formula is C24H54NaO5P. The number of hydrogen-bond acceptors (Lipinski definition) is 2. The molecule has 186 valence electrons. The summed E-state index contributed by atoms with van der Waals surface area (Å²) >= 11 is 0. The first-order valence-electron chi connectivity index (χ1n) is 12.6. The van der Waals surface area contributed by atoms with Gasteiger partial charge in [-0.15, -0.1) is 0 Å². The number of unbranched alkanes of at least 4 members (excludes halogenated alkanes) is 8. The number of hydrogen-bond donors (Lipinski definition) is 3. The third kappa shape index (κ3) is 35.8. The van der Waals surface area contributed by atoms with Crippen LogP contribution in [-0.2, 0) is 9.30 Å². The molecule has 0 aliphatic carbocycles. The molecule has 0 radical (unpaired) electrons. The molecule has 0 aliphatic rings. The average Bonchev–Trinajstić information content (AvgIpc) is 2.68. The smallest absolute Gasteiger partial charge is 1.00 e. The largest absolute Gasteiger partial charge is 1.00 e. The Balaban J connectivity index is -0.000000501. The monoisotopic (exact) mass is 476 g/mol. The molecule has 0 rings (SSSR count). The van der Waals surface area contributed by atoms with Gasteiger partial charge in [0.15, 0.2) is 0 Å². The number of ether oxygens (including phenoxy) is 1. The van der Waals surface area contributed by atoms with E-state index < -0.39 is 7.82 Å². The van der Waals surface area contributed by atoms with Crippen molar-refractivity contribution in [1.82, 2.24) is 0 Å². The summed E-state index contributed by atoms with van der Waals surface area (Å²) in [6.45, 7) is 11.3. The Kier molecular flexibility index (Phi) is 32.3. The van der Waals surface area contributed by atoms with E-state index in [-0.39, 0.29) is 31.0 Å². The fraction of sp³-hybridized carbons (Fsp3) is 1.00. The van der Waals surface area contributed by atoms with E-state index in [9.17, 15) is 0 Å². The van der Waals surface area contributed by atoms with E-state index in [1.54, 1.807) is 0 Å². The SMILES string of the molecule is CCCCCCC(CCCC)COCC(CCCC)CCCCCC.O=P(O)(O)O.[H-].[Na+]. The van der Waals surface area contributed by atoms with Crippen LogP contribution in [0.1, 0.15) is 132 Å². The van der Waals surface area contributed by atoms with Gasteiger partial charge in [0.1, 0.15) is 0 Å². The van der Waals surface area contributed by atoms with E-state index in [0.29, 0.717) is 0 Å². The Morgan fingerprint density at radius 1 is 0.613 bits per heavy atom. The fourth-order valence-electron chi connectivity index (χ4n) is 3.73. The molecule has 0 aliphatic heterocycles. The van der Waals surface area contributed by atoms with Crippen LogP contribution in [0, 0.1) is 11.8 Å². The predicted molar refractivity (Wildman–Crippen MR) is 130 cm³/mol. The van der Waals surface area contributed by atoms with E-state index in [4.69, 9.17) is 24.0 Å². The van der Waals surface area contributed by atoms with Crippen LogP contribution in [0.2, 0.25) is 0 Å². The van der Waals surface area contributed by atoms with Crippen molar-refractivity contribution >= 4 is 7.82 Å². The summed E-state index contributed by atoms with van der Waals surface area (Å²) in [5, 5.41) is 0. The van der Waals surface area contributed by atoms with Crippen LogP contribution in [0.25, 0.3) is 0 Å². The van der Waals surface area contributed by atoms with Crippen molar-refractivity contribution in [3.63, 3.8) is 0 Å². The maximum absolute atomic E-state index is 8.88. The Bertz CT molecular complexity index is 353. The van der Waals surface area contributed by atoms with Crippen LogP contribution in [-0.4, -0.2) is 27.9 Å². The van der Waals surface area contributed by atoms with E-state index in [2.05, 4.69) is 27.7 Å². The van der Waals surface area contributed by atoms with Gasteiger partial charge in [-0.05, 0) is 37.5 Å². The molecule has 0 aromatic rings. The van der Waals surface area contributed by atoms with Crippen molar-refractivity contribution in [3.05, 3.63) is 0 Å². The zero-order valence-electron chi connectivity index (χ0n) is 22.5. The molecule has 0 amide bonds. The molecule has 0 aromatic carbocycles. The third-order valence-electron chi connectivity index (χ3n) is 5.57. The first-order valence-corrected chi connectivity index (χ1v) is 14.2. The Morgan fingerprint density at radius 2 is 0.903 bits per heavy atom. The molecule has 0 saturated carbocycles. The first-order chi connectivity index (χ1) is 14.3. The number of phosphoric acid groups is 1. The van der Waals surface area contributed by atoms with Gasteiger partial charge in [-0.25, -0.2) is 4.57 Å². The minimum Gasteiger partial charge on any atom is -1.00 e. The third-order valence-corrected chi connectivity index (χ3v) is 5.57. The normalized spacial score (nSPS) is 13.1. The average molecular weight is 477 g/mol. The molecule has 0 saturated heterocycles. The molecule has 0 aromatic heterocycles. The second-order valence-corrected chi connectivity index (χ2v) is 9.79. The molecule has 31 heavy (non-hydrogen) atoms. The molecule has 2 unspecified atom stereocenters. The van der Waals surface area contributed by atoms with Crippen molar-refractivity contribution in [2.75, 3.05) is 13.2 Å². The quantitative estimate of drug-likeness (QED) is 0.134. The Hall–Kier alpha value is 1.07. The zero-order chi connectivity index (χ0) is 23.1. The van der Waals surface area contributed by atoms with Crippen molar-refractivity contribution in [1.29, 1.82) is 0 Å². The van der Waals surface area contributed by atoms with E-state index in [1.807, 2.05) is 0 Å². The summed E-state index contributed by atoms with van der Waals surface area (Å²) in [4.78, 5) is 21.6. The zero-order valence-corrected chi connectivity index (χ0v) is 24.4. The molecule has 5 nitrogen and oxygen atoms in total. The van der Waals surface area contributed by atoms with Gasteiger partial charge in [0.2, 0.25) is 0 Å². The van der Waals surface area contributed by atoms with Gasteiger partial charge in [-0.2, -0.15) is 0 Å². The number of rotatable bonds is 20. The first kappa shape index (κ1) is 36.6. The van der Waals surface area contributed by atoms with Gasteiger partial charge in [-0.3, -0.25) is 0 Å². The fourth-order valence-corrected chi connectivity index (χ4v) is 3.73. The van der Waals surface area contributed by atoms with E-state index in [0.717, 1.165) is 25.0 Å². The van der Waals surface area contributed by atoms with E-state index in [1.165, 1.54) is 103 Å². The summed E-state index contributed by atoms with van der Waals surface area (Å²) < 4.78 is 15.1. The predicted octanol–water partition coefficient (Wildman–Crippen LogP) is 4.74. The molecule has 0 heterocycles. The van der Waals surface area contributed by atoms with Gasteiger partial charge >= 0.3 is 37.4 Å². The maximum atomic E-state index is 8.88. The summed E-state index contributed by atoms with van der Waals surface area (Å²) in [5.74, 6) is 1.62. The van der Waals surface area contributed by atoms with Crippen molar-refractivity contribution in [2.45, 2.75) is 130 Å². The molecule has 7 heteroatoms.